The van der Waals surface area contributed by atoms with Crippen LogP contribution in [-0.2, 0) is 28.5 Å². The number of carbonyl (C=O) groups excluding carboxylic acids is 1. The van der Waals surface area contributed by atoms with Gasteiger partial charge in [0.15, 0.2) is 0 Å². The Labute approximate surface area is 148 Å². The molecule has 25 heavy (non-hydrogen) atoms. The van der Waals surface area contributed by atoms with Gasteiger partial charge in [0.25, 0.3) is 0 Å². The van der Waals surface area contributed by atoms with Crippen molar-refractivity contribution in [2.75, 3.05) is 13.2 Å². The third-order valence-electron chi connectivity index (χ3n) is 5.53. The summed E-state index contributed by atoms with van der Waals surface area (Å²) in [5.41, 5.74) is 2.56. The second-order valence-corrected chi connectivity index (χ2v) is 7.82. The maximum absolute atomic E-state index is 13.3. The fraction of sp³-hybridized carbons (Fsp3) is 0.500. The minimum Gasteiger partial charge on any atom is -0.369 e. The Balaban J connectivity index is 1.60. The minimum absolute atomic E-state index is 0.0390. The van der Waals surface area contributed by atoms with Crippen molar-refractivity contribution in [1.29, 1.82) is 0 Å². The van der Waals surface area contributed by atoms with Crippen LogP contribution in [0.25, 0.3) is 0 Å². The third-order valence-corrected chi connectivity index (χ3v) is 5.53. The van der Waals surface area contributed by atoms with Crippen molar-refractivity contribution < 1.29 is 9.53 Å². The largest absolute Gasteiger partial charge is 0.369 e. The van der Waals surface area contributed by atoms with Crippen LogP contribution in [0.2, 0.25) is 0 Å². The lowest BCUT2D eigenvalue weighted by molar-refractivity contribution is -0.139. The Morgan fingerprint density at radius 1 is 1.32 bits per heavy atom. The van der Waals surface area contributed by atoms with Gasteiger partial charge < -0.3 is 14.2 Å². The van der Waals surface area contributed by atoms with Gasteiger partial charge in [-0.3, -0.25) is 4.79 Å². The van der Waals surface area contributed by atoms with Crippen LogP contribution in [0.4, 0.5) is 0 Å². The van der Waals surface area contributed by atoms with Gasteiger partial charge in [0.1, 0.15) is 11.9 Å². The molecule has 0 unspecified atom stereocenters. The molecule has 1 saturated heterocycles. The predicted octanol–water partition coefficient (Wildman–Crippen LogP) is 2.82. The minimum atomic E-state index is -0.243. The molecule has 2 aromatic rings. The Morgan fingerprint density at radius 3 is 2.88 bits per heavy atom. The monoisotopic (exact) mass is 339 g/mol. The Hall–Kier alpha value is -2.14. The van der Waals surface area contributed by atoms with Gasteiger partial charge in [-0.15, -0.1) is 0 Å². The van der Waals surface area contributed by atoms with Gasteiger partial charge in [-0.1, -0.05) is 38.1 Å². The van der Waals surface area contributed by atoms with Crippen LogP contribution in [-0.4, -0.2) is 33.5 Å². The van der Waals surface area contributed by atoms with Gasteiger partial charge in [-0.2, -0.15) is 0 Å². The van der Waals surface area contributed by atoms with E-state index >= 15 is 0 Å². The number of imidazole rings is 1. The van der Waals surface area contributed by atoms with Crippen LogP contribution in [0.3, 0.4) is 0 Å². The molecule has 1 fully saturated rings. The van der Waals surface area contributed by atoms with Gasteiger partial charge in [0.05, 0.1) is 5.92 Å². The molecule has 0 saturated carbocycles. The summed E-state index contributed by atoms with van der Waals surface area (Å²) in [6.45, 7) is 6.47. The first-order chi connectivity index (χ1) is 12.0. The van der Waals surface area contributed by atoms with Crippen molar-refractivity contribution in [3.05, 3.63) is 53.6 Å². The summed E-state index contributed by atoms with van der Waals surface area (Å²) in [5, 5.41) is 0. The number of benzene rings is 1. The average Bonchev–Trinajstić information content (AvgIpc) is 3.21. The summed E-state index contributed by atoms with van der Waals surface area (Å²) in [7, 11) is 1.95. The van der Waals surface area contributed by atoms with Crippen LogP contribution in [0.5, 0.6) is 0 Å². The topological polar surface area (TPSA) is 47.4 Å². The van der Waals surface area contributed by atoms with Crippen molar-refractivity contribution in [2.45, 2.75) is 38.3 Å². The van der Waals surface area contributed by atoms with Crippen molar-refractivity contribution in [1.82, 2.24) is 14.5 Å². The SMILES string of the molecule is Cn1ccnc1[C@@H]1OCC[C@H]1C(=O)N1Cc2ccccc2C(C)(C)C1. The van der Waals surface area contributed by atoms with Gasteiger partial charge in [-0.05, 0) is 17.5 Å². The summed E-state index contributed by atoms with van der Waals surface area (Å²) >= 11 is 0. The molecule has 132 valence electrons. The standard InChI is InChI=1S/C20H25N3O2/c1-20(2)13-23(12-14-6-4-5-7-16(14)20)19(24)15-8-11-25-17(15)18-21-9-10-22(18)3/h4-7,9-10,15,17H,8,11-13H2,1-3H3/t15-,17-/m1/s1. The number of fused-ring (bicyclic) bond motifs is 1. The molecule has 0 spiro atoms. The second-order valence-electron chi connectivity index (χ2n) is 7.82. The highest BCUT2D eigenvalue weighted by atomic mass is 16.5. The average molecular weight is 339 g/mol. The summed E-state index contributed by atoms with van der Waals surface area (Å²) in [6.07, 6.45) is 4.18. The van der Waals surface area contributed by atoms with Gasteiger partial charge in [0, 0.05) is 44.6 Å². The van der Waals surface area contributed by atoms with Crippen LogP contribution < -0.4 is 0 Å². The molecule has 0 radical (unpaired) electrons. The second kappa shape index (κ2) is 5.99. The third kappa shape index (κ3) is 2.76. The lowest BCUT2D eigenvalue weighted by atomic mass is 9.78. The molecular formula is C20H25N3O2. The highest BCUT2D eigenvalue weighted by Gasteiger charge is 2.42. The fourth-order valence-electron chi connectivity index (χ4n) is 4.28. The van der Waals surface area contributed by atoms with E-state index in [-0.39, 0.29) is 23.3 Å². The number of hydrogen-bond donors (Lipinski definition) is 0. The first-order valence-electron chi connectivity index (χ1n) is 8.93. The summed E-state index contributed by atoms with van der Waals surface area (Å²) in [5.74, 6) is 0.878. The Kier molecular flexibility index (Phi) is 3.91. The maximum Gasteiger partial charge on any atom is 0.229 e. The number of nitrogens with zero attached hydrogens (tertiary/aromatic N) is 3. The Morgan fingerprint density at radius 2 is 2.12 bits per heavy atom. The Bertz CT molecular complexity index is 796. The van der Waals surface area contributed by atoms with Crippen molar-refractivity contribution in [3.63, 3.8) is 0 Å². The number of aromatic nitrogens is 2. The number of ether oxygens (including phenoxy) is 1. The molecule has 2 aliphatic rings. The maximum atomic E-state index is 13.3. The molecule has 1 aromatic carbocycles. The van der Waals surface area contributed by atoms with E-state index in [1.54, 1.807) is 6.20 Å². The molecule has 0 aliphatic carbocycles. The first-order valence-corrected chi connectivity index (χ1v) is 8.93. The summed E-state index contributed by atoms with van der Waals surface area (Å²) < 4.78 is 7.84. The molecule has 5 heteroatoms. The van der Waals surface area contributed by atoms with Crippen molar-refractivity contribution in [2.24, 2.45) is 13.0 Å². The highest BCUT2D eigenvalue weighted by molar-refractivity contribution is 5.80. The van der Waals surface area contributed by atoms with E-state index in [2.05, 4.69) is 43.1 Å². The quantitative estimate of drug-likeness (QED) is 0.845. The van der Waals surface area contributed by atoms with E-state index in [0.717, 1.165) is 18.8 Å². The van der Waals surface area contributed by atoms with Gasteiger partial charge in [-0.25, -0.2) is 4.98 Å². The zero-order valence-corrected chi connectivity index (χ0v) is 15.1. The number of rotatable bonds is 2. The molecule has 4 rings (SSSR count). The van der Waals surface area contributed by atoms with E-state index in [9.17, 15) is 4.79 Å². The zero-order chi connectivity index (χ0) is 17.6. The van der Waals surface area contributed by atoms with Gasteiger partial charge >= 0.3 is 0 Å². The number of carbonyl (C=O) groups is 1. The van der Waals surface area contributed by atoms with Crippen molar-refractivity contribution in [3.8, 4) is 0 Å². The summed E-state index contributed by atoms with van der Waals surface area (Å²) in [6, 6.07) is 8.46. The van der Waals surface area contributed by atoms with Crippen molar-refractivity contribution >= 4 is 5.91 Å². The van der Waals surface area contributed by atoms with Crippen LogP contribution in [0.1, 0.15) is 43.3 Å². The number of amides is 1. The molecule has 3 heterocycles. The first kappa shape index (κ1) is 16.3. The smallest absolute Gasteiger partial charge is 0.229 e. The normalized spacial score (nSPS) is 25.0. The number of hydrogen-bond acceptors (Lipinski definition) is 3. The lowest BCUT2D eigenvalue weighted by Crippen LogP contribution is -2.47. The molecule has 1 amide bonds. The van der Waals surface area contributed by atoms with Crippen LogP contribution in [0.15, 0.2) is 36.7 Å². The van der Waals surface area contributed by atoms with Crippen LogP contribution >= 0.6 is 0 Å². The van der Waals surface area contributed by atoms with E-state index < -0.39 is 0 Å². The van der Waals surface area contributed by atoms with E-state index in [0.29, 0.717) is 13.2 Å². The lowest BCUT2D eigenvalue weighted by Gasteiger charge is -2.41. The molecule has 0 N–H and O–H groups in total. The highest BCUT2D eigenvalue weighted by Crippen LogP contribution is 2.38. The molecule has 2 aliphatic heterocycles. The summed E-state index contributed by atoms with van der Waals surface area (Å²) in [4.78, 5) is 19.7. The van der Waals surface area contributed by atoms with Gasteiger partial charge in [0.2, 0.25) is 5.91 Å². The number of aryl methyl sites for hydroxylation is 1. The molecule has 5 nitrogen and oxygen atoms in total. The predicted molar refractivity (Wildman–Crippen MR) is 94.9 cm³/mol. The zero-order valence-electron chi connectivity index (χ0n) is 15.1. The van der Waals surface area contributed by atoms with Crippen LogP contribution in [0, 0.1) is 5.92 Å². The molecule has 0 bridgehead atoms. The van der Waals surface area contributed by atoms with E-state index in [1.807, 2.05) is 22.7 Å². The molecular weight excluding hydrogens is 314 g/mol. The van der Waals surface area contributed by atoms with E-state index in [1.165, 1.54) is 11.1 Å². The van der Waals surface area contributed by atoms with E-state index in [4.69, 9.17) is 4.74 Å². The fourth-order valence-corrected chi connectivity index (χ4v) is 4.28. The molecule has 2 atom stereocenters. The molecule has 1 aromatic heterocycles.